The number of hydrogen-bond donors (Lipinski definition) is 3. The van der Waals surface area contributed by atoms with Gasteiger partial charge in [-0.2, -0.15) is 0 Å². The third kappa shape index (κ3) is 6.85. The van der Waals surface area contributed by atoms with E-state index in [0.29, 0.717) is 0 Å². The molecular weight excluding hydrogens is 238 g/mol. The van der Waals surface area contributed by atoms with Crippen LogP contribution in [0.5, 0.6) is 0 Å². The van der Waals surface area contributed by atoms with Gasteiger partial charge in [0.2, 0.25) is 11.8 Å². The van der Waals surface area contributed by atoms with E-state index >= 15 is 0 Å². The van der Waals surface area contributed by atoms with Gasteiger partial charge in [0.15, 0.2) is 0 Å². The average Bonchev–Trinajstić information content (AvgIpc) is 2.32. The van der Waals surface area contributed by atoms with E-state index in [9.17, 15) is 14.4 Å². The number of amides is 2. The summed E-state index contributed by atoms with van der Waals surface area (Å²) >= 11 is 0. The van der Waals surface area contributed by atoms with Gasteiger partial charge in [-0.3, -0.25) is 14.4 Å². The molecule has 0 radical (unpaired) electrons. The molecule has 0 spiro atoms. The van der Waals surface area contributed by atoms with E-state index in [1.807, 2.05) is 13.8 Å². The summed E-state index contributed by atoms with van der Waals surface area (Å²) in [5, 5.41) is 4.71. The third-order valence-corrected chi connectivity index (χ3v) is 2.18. The maximum atomic E-state index is 11.4. The van der Waals surface area contributed by atoms with E-state index in [2.05, 4.69) is 15.4 Å². The van der Waals surface area contributed by atoms with Gasteiger partial charge in [0, 0.05) is 0 Å². The number of carbonyl (C=O) groups is 3. The second-order valence-corrected chi connectivity index (χ2v) is 4.07. The van der Waals surface area contributed by atoms with Crippen LogP contribution in [0.25, 0.3) is 0 Å². The molecule has 0 saturated carbocycles. The Labute approximate surface area is 106 Å². The molecular formula is C11H21N3O4. The lowest BCUT2D eigenvalue weighted by atomic mass is 10.1. The maximum Gasteiger partial charge on any atom is 0.325 e. The van der Waals surface area contributed by atoms with Crippen LogP contribution in [0.4, 0.5) is 0 Å². The summed E-state index contributed by atoms with van der Waals surface area (Å²) in [6.45, 7) is 5.13. The second kappa shape index (κ2) is 8.46. The maximum absolute atomic E-state index is 11.4. The van der Waals surface area contributed by atoms with Gasteiger partial charge in [-0.05, 0) is 12.8 Å². The molecule has 104 valence electrons. The number of nitrogens with two attached hydrogens (primary N) is 1. The third-order valence-electron chi connectivity index (χ3n) is 2.18. The molecule has 0 aromatic carbocycles. The van der Waals surface area contributed by atoms with Crippen LogP contribution in [-0.4, -0.2) is 43.5 Å². The quantitative estimate of drug-likeness (QED) is 0.496. The molecule has 7 nitrogen and oxygen atoms in total. The number of rotatable bonds is 7. The van der Waals surface area contributed by atoms with Gasteiger partial charge in [0.1, 0.15) is 6.54 Å². The van der Waals surface area contributed by atoms with Crippen molar-refractivity contribution in [1.82, 2.24) is 10.6 Å². The summed E-state index contributed by atoms with van der Waals surface area (Å²) in [5.74, 6) is -1.38. The molecule has 0 bridgehead atoms. The molecule has 1 atom stereocenters. The molecule has 0 unspecified atom stereocenters. The Morgan fingerprint density at radius 2 is 1.78 bits per heavy atom. The summed E-state index contributed by atoms with van der Waals surface area (Å²) in [6, 6.07) is -0.650. The van der Waals surface area contributed by atoms with Gasteiger partial charge in [-0.25, -0.2) is 0 Å². The summed E-state index contributed by atoms with van der Waals surface area (Å²) in [7, 11) is 0. The molecule has 0 heterocycles. The predicted octanol–water partition coefficient (Wildman–Crippen LogP) is -1.23. The molecule has 0 aromatic heterocycles. The molecule has 0 fully saturated rings. The zero-order valence-corrected chi connectivity index (χ0v) is 11.0. The molecule has 0 aliphatic heterocycles. The minimum Gasteiger partial charge on any atom is -0.465 e. The Hall–Kier alpha value is -1.63. The molecule has 0 aliphatic rings. The second-order valence-electron chi connectivity index (χ2n) is 4.07. The molecule has 0 aromatic rings. The van der Waals surface area contributed by atoms with Crippen molar-refractivity contribution >= 4 is 17.8 Å². The van der Waals surface area contributed by atoms with Crippen LogP contribution < -0.4 is 16.4 Å². The Kier molecular flexibility index (Phi) is 7.69. The summed E-state index contributed by atoms with van der Waals surface area (Å²) < 4.78 is 4.63. The molecule has 0 aliphatic carbocycles. The van der Waals surface area contributed by atoms with Crippen molar-refractivity contribution in [2.75, 3.05) is 19.7 Å². The van der Waals surface area contributed by atoms with E-state index < -0.39 is 23.8 Å². The van der Waals surface area contributed by atoms with E-state index in [1.165, 1.54) is 0 Å². The van der Waals surface area contributed by atoms with Gasteiger partial charge in [0.25, 0.3) is 0 Å². The van der Waals surface area contributed by atoms with Gasteiger partial charge in [-0.1, -0.05) is 13.8 Å². The van der Waals surface area contributed by atoms with Gasteiger partial charge >= 0.3 is 5.97 Å². The molecule has 2 amide bonds. The number of ether oxygens (including phenoxy) is 1. The Morgan fingerprint density at radius 1 is 1.17 bits per heavy atom. The first-order valence-corrected chi connectivity index (χ1v) is 5.84. The molecule has 7 heteroatoms. The highest BCUT2D eigenvalue weighted by Crippen LogP contribution is 1.97. The van der Waals surface area contributed by atoms with Crippen LogP contribution in [0.3, 0.4) is 0 Å². The monoisotopic (exact) mass is 259 g/mol. The zero-order chi connectivity index (χ0) is 14.1. The number of nitrogens with one attached hydrogen (secondary N) is 2. The van der Waals surface area contributed by atoms with Crippen LogP contribution in [0, 0.1) is 5.92 Å². The van der Waals surface area contributed by atoms with Crippen LogP contribution in [-0.2, 0) is 19.1 Å². The summed E-state index contributed by atoms with van der Waals surface area (Å²) in [4.78, 5) is 33.6. The number of esters is 1. The fourth-order valence-corrected chi connectivity index (χ4v) is 1.03. The predicted molar refractivity (Wildman–Crippen MR) is 65.5 cm³/mol. The fourth-order valence-electron chi connectivity index (χ4n) is 1.03. The van der Waals surface area contributed by atoms with Crippen molar-refractivity contribution in [2.45, 2.75) is 26.8 Å². The lowest BCUT2D eigenvalue weighted by Crippen LogP contribution is -2.47. The first-order chi connectivity index (χ1) is 8.38. The normalized spacial score (nSPS) is 11.8. The average molecular weight is 259 g/mol. The van der Waals surface area contributed by atoms with E-state index in [0.717, 1.165) is 0 Å². The van der Waals surface area contributed by atoms with Crippen LogP contribution in [0.15, 0.2) is 0 Å². The van der Waals surface area contributed by atoms with Gasteiger partial charge in [0.05, 0.1) is 19.2 Å². The lowest BCUT2D eigenvalue weighted by molar-refractivity contribution is -0.143. The largest absolute Gasteiger partial charge is 0.465 e. The topological polar surface area (TPSA) is 111 Å². The number of hydrogen-bond acceptors (Lipinski definition) is 5. The highest BCUT2D eigenvalue weighted by atomic mass is 16.5. The fraction of sp³-hybridized carbons (Fsp3) is 0.727. The first-order valence-electron chi connectivity index (χ1n) is 5.84. The van der Waals surface area contributed by atoms with Crippen molar-refractivity contribution in [3.63, 3.8) is 0 Å². The van der Waals surface area contributed by atoms with Crippen LogP contribution in [0.1, 0.15) is 20.8 Å². The molecule has 0 saturated heterocycles. The Balaban J connectivity index is 3.84. The van der Waals surface area contributed by atoms with Crippen molar-refractivity contribution in [3.05, 3.63) is 0 Å². The highest BCUT2D eigenvalue weighted by Gasteiger charge is 2.17. The lowest BCUT2D eigenvalue weighted by Gasteiger charge is -2.15. The highest BCUT2D eigenvalue weighted by molar-refractivity contribution is 5.88. The van der Waals surface area contributed by atoms with E-state index in [-0.39, 0.29) is 25.6 Å². The molecule has 4 N–H and O–H groups in total. The molecule has 0 rings (SSSR count). The minimum atomic E-state index is -0.650. The van der Waals surface area contributed by atoms with E-state index in [1.54, 1.807) is 6.92 Å². The van der Waals surface area contributed by atoms with Gasteiger partial charge < -0.3 is 21.1 Å². The van der Waals surface area contributed by atoms with Crippen molar-refractivity contribution in [1.29, 1.82) is 0 Å². The first kappa shape index (κ1) is 16.4. The Bertz CT molecular complexity index is 305. The van der Waals surface area contributed by atoms with Crippen molar-refractivity contribution in [3.8, 4) is 0 Å². The van der Waals surface area contributed by atoms with Crippen molar-refractivity contribution < 1.29 is 19.1 Å². The van der Waals surface area contributed by atoms with Crippen molar-refractivity contribution in [2.24, 2.45) is 11.7 Å². The molecule has 18 heavy (non-hydrogen) atoms. The smallest absolute Gasteiger partial charge is 0.325 e. The Morgan fingerprint density at radius 3 is 2.28 bits per heavy atom. The minimum absolute atomic E-state index is 0.00686. The summed E-state index contributed by atoms with van der Waals surface area (Å²) in [5.41, 5.74) is 5.59. The van der Waals surface area contributed by atoms with Gasteiger partial charge in [-0.15, -0.1) is 0 Å². The summed E-state index contributed by atoms with van der Waals surface area (Å²) in [6.07, 6.45) is 0. The van der Waals surface area contributed by atoms with E-state index in [4.69, 9.17) is 5.73 Å². The standard InChI is InChI=1S/C11H21N3O4/c1-4-18-9(16)6-13-8(15)5-14-11(17)10(12)7(2)3/h7,10H,4-6,12H2,1-3H3,(H,13,15)(H,14,17)/t10-/m0/s1. The number of carbonyl (C=O) groups excluding carboxylic acids is 3. The van der Waals surface area contributed by atoms with Crippen LogP contribution >= 0.6 is 0 Å². The zero-order valence-electron chi connectivity index (χ0n) is 11.0. The van der Waals surface area contributed by atoms with Crippen LogP contribution in [0.2, 0.25) is 0 Å². The SMILES string of the molecule is CCOC(=O)CNC(=O)CNC(=O)[C@@H](N)C(C)C.